The third-order valence-corrected chi connectivity index (χ3v) is 7.10. The summed E-state index contributed by atoms with van der Waals surface area (Å²) in [5, 5.41) is 53.4. The molecule has 0 heterocycles. The standard InChI is InChI=1S/C6H2Br4O2.2C6H6O2/c7-1-2(8)5(11)4(10)6(12)3(1)9;7-5-1-2-6(8)4-3-5;7-5-3-1-2-4-6(5)8/h11-12H;2*1-4,7-8H. The van der Waals surface area contributed by atoms with E-state index in [9.17, 15) is 10.2 Å². The van der Waals surface area contributed by atoms with Gasteiger partial charge in [0.2, 0.25) is 0 Å². The van der Waals surface area contributed by atoms with Gasteiger partial charge in [-0.25, -0.2) is 0 Å². The summed E-state index contributed by atoms with van der Waals surface area (Å²) in [4.78, 5) is 0. The minimum Gasteiger partial charge on any atom is -0.508 e. The van der Waals surface area contributed by atoms with Gasteiger partial charge in [-0.3, -0.25) is 0 Å². The van der Waals surface area contributed by atoms with Gasteiger partial charge in [0.05, 0.1) is 13.4 Å². The SMILES string of the molecule is Oc1c(Br)c(O)c(Br)c(Br)c1Br.Oc1ccc(O)cc1.Oc1ccccc1O. The number of phenols is 6. The predicted molar refractivity (Wildman–Crippen MR) is 120 cm³/mol. The van der Waals surface area contributed by atoms with Gasteiger partial charge in [-0.1, -0.05) is 12.1 Å². The molecule has 10 heteroatoms. The molecule has 0 unspecified atom stereocenters. The van der Waals surface area contributed by atoms with Crippen molar-refractivity contribution in [1.29, 1.82) is 0 Å². The van der Waals surface area contributed by atoms with Crippen molar-refractivity contribution in [1.82, 2.24) is 0 Å². The number of halogens is 4. The number of phenolic OH excluding ortho intramolecular Hbond substituents is 6. The third-order valence-electron chi connectivity index (χ3n) is 2.95. The molecule has 0 spiro atoms. The highest BCUT2D eigenvalue weighted by atomic mass is 79.9. The minimum atomic E-state index is -0.0764. The number of benzene rings is 3. The Labute approximate surface area is 194 Å². The summed E-state index contributed by atoms with van der Waals surface area (Å²) >= 11 is 12.5. The van der Waals surface area contributed by atoms with E-state index in [2.05, 4.69) is 63.7 Å². The first-order valence-corrected chi connectivity index (χ1v) is 10.4. The molecule has 3 rings (SSSR count). The average molecular weight is 646 g/mol. The van der Waals surface area contributed by atoms with Crippen LogP contribution in [0.2, 0.25) is 0 Å². The lowest BCUT2D eigenvalue weighted by Gasteiger charge is -2.07. The number of rotatable bonds is 0. The third kappa shape index (κ3) is 7.08. The maximum atomic E-state index is 9.39. The normalized spacial score (nSPS) is 9.57. The topological polar surface area (TPSA) is 121 Å². The molecule has 0 atom stereocenters. The van der Waals surface area contributed by atoms with Gasteiger partial charge in [0.25, 0.3) is 0 Å². The lowest BCUT2D eigenvalue weighted by atomic mass is 10.3. The summed E-state index contributed by atoms with van der Waals surface area (Å²) in [6, 6.07) is 11.9. The summed E-state index contributed by atoms with van der Waals surface area (Å²) in [6.45, 7) is 0. The molecule has 0 aliphatic rings. The maximum Gasteiger partial charge on any atom is 0.157 e. The summed E-state index contributed by atoms with van der Waals surface area (Å²) < 4.78 is 1.79. The van der Waals surface area contributed by atoms with E-state index in [1.54, 1.807) is 12.1 Å². The fourth-order valence-corrected chi connectivity index (χ4v) is 3.89. The van der Waals surface area contributed by atoms with Crippen LogP contribution >= 0.6 is 63.7 Å². The second kappa shape index (κ2) is 11.4. The first-order chi connectivity index (χ1) is 13.1. The molecule has 150 valence electrons. The summed E-state index contributed by atoms with van der Waals surface area (Å²) in [7, 11) is 0. The molecule has 28 heavy (non-hydrogen) atoms. The maximum absolute atomic E-state index is 9.39. The first-order valence-electron chi connectivity index (χ1n) is 7.25. The fourth-order valence-electron chi connectivity index (χ4n) is 1.53. The molecule has 0 aromatic heterocycles. The molecular formula is C18H14Br4O6. The van der Waals surface area contributed by atoms with E-state index in [-0.39, 0.29) is 39.0 Å². The van der Waals surface area contributed by atoms with Gasteiger partial charge >= 0.3 is 0 Å². The zero-order valence-electron chi connectivity index (χ0n) is 13.8. The smallest absolute Gasteiger partial charge is 0.157 e. The van der Waals surface area contributed by atoms with E-state index < -0.39 is 0 Å². The van der Waals surface area contributed by atoms with Crippen molar-refractivity contribution in [2.75, 3.05) is 0 Å². The van der Waals surface area contributed by atoms with Crippen LogP contribution in [-0.2, 0) is 0 Å². The lowest BCUT2D eigenvalue weighted by molar-refractivity contribution is 0.404. The Kier molecular flexibility index (Phi) is 9.94. The Morgan fingerprint density at radius 1 is 0.429 bits per heavy atom. The van der Waals surface area contributed by atoms with E-state index in [0.717, 1.165) is 0 Å². The van der Waals surface area contributed by atoms with E-state index in [1.165, 1.54) is 36.4 Å². The zero-order chi connectivity index (χ0) is 21.4. The quantitative estimate of drug-likeness (QED) is 0.0735. The van der Waals surface area contributed by atoms with Gasteiger partial charge in [0.15, 0.2) is 11.5 Å². The molecule has 0 saturated heterocycles. The van der Waals surface area contributed by atoms with Gasteiger partial charge in [0, 0.05) is 0 Å². The van der Waals surface area contributed by atoms with Gasteiger partial charge in [0.1, 0.15) is 27.5 Å². The van der Waals surface area contributed by atoms with E-state index in [0.29, 0.717) is 13.4 Å². The second-order valence-corrected chi connectivity index (χ2v) is 8.13. The summed E-state index contributed by atoms with van der Waals surface area (Å²) in [5.41, 5.74) is 0. The average Bonchev–Trinajstić information content (AvgIpc) is 2.69. The van der Waals surface area contributed by atoms with Crippen LogP contribution in [0.3, 0.4) is 0 Å². The number of hydrogen-bond donors (Lipinski definition) is 6. The zero-order valence-corrected chi connectivity index (χ0v) is 20.2. The second-order valence-electron chi connectivity index (χ2n) is 4.96. The van der Waals surface area contributed by atoms with Gasteiger partial charge in [-0.05, 0) is 100 Å². The van der Waals surface area contributed by atoms with Crippen LogP contribution in [0.4, 0.5) is 0 Å². The first kappa shape index (κ1) is 24.4. The Morgan fingerprint density at radius 3 is 1.04 bits per heavy atom. The Bertz CT molecular complexity index is 785. The molecule has 0 amide bonds. The molecule has 0 aliphatic carbocycles. The molecular weight excluding hydrogens is 632 g/mol. The van der Waals surface area contributed by atoms with Crippen molar-refractivity contribution >= 4 is 63.7 Å². The number of para-hydroxylation sites is 2. The van der Waals surface area contributed by atoms with Gasteiger partial charge < -0.3 is 30.6 Å². The van der Waals surface area contributed by atoms with Crippen LogP contribution in [0.25, 0.3) is 0 Å². The fraction of sp³-hybridized carbons (Fsp3) is 0. The van der Waals surface area contributed by atoms with Crippen molar-refractivity contribution in [3.63, 3.8) is 0 Å². The van der Waals surface area contributed by atoms with Gasteiger partial charge in [-0.2, -0.15) is 0 Å². The van der Waals surface area contributed by atoms with Crippen LogP contribution in [0, 0.1) is 0 Å². The molecule has 6 N–H and O–H groups in total. The largest absolute Gasteiger partial charge is 0.508 e. The molecule has 3 aromatic carbocycles. The molecule has 0 radical (unpaired) electrons. The predicted octanol–water partition coefficient (Wildman–Crippen LogP) is 6.34. The molecule has 6 nitrogen and oxygen atoms in total. The highest BCUT2D eigenvalue weighted by Crippen LogP contribution is 2.48. The van der Waals surface area contributed by atoms with Crippen molar-refractivity contribution in [3.8, 4) is 34.5 Å². The van der Waals surface area contributed by atoms with Crippen LogP contribution in [-0.4, -0.2) is 30.6 Å². The summed E-state index contributed by atoms with van der Waals surface area (Å²) in [6.07, 6.45) is 0. The molecule has 0 fully saturated rings. The molecule has 0 bridgehead atoms. The molecule has 0 aliphatic heterocycles. The van der Waals surface area contributed by atoms with E-state index >= 15 is 0 Å². The molecule has 3 aromatic rings. The van der Waals surface area contributed by atoms with Crippen molar-refractivity contribution < 1.29 is 30.6 Å². The Balaban J connectivity index is 0.000000217. The molecule has 0 saturated carbocycles. The van der Waals surface area contributed by atoms with Crippen LogP contribution < -0.4 is 0 Å². The lowest BCUT2D eigenvalue weighted by Crippen LogP contribution is -1.79. The van der Waals surface area contributed by atoms with Gasteiger partial charge in [-0.15, -0.1) is 0 Å². The highest BCUT2D eigenvalue weighted by molar-refractivity contribution is 9.14. The van der Waals surface area contributed by atoms with Crippen LogP contribution in [0.15, 0.2) is 66.4 Å². The van der Waals surface area contributed by atoms with E-state index in [1.807, 2.05) is 0 Å². The van der Waals surface area contributed by atoms with Crippen molar-refractivity contribution in [3.05, 3.63) is 66.4 Å². The number of hydrogen-bond acceptors (Lipinski definition) is 6. The highest BCUT2D eigenvalue weighted by Gasteiger charge is 2.17. The van der Waals surface area contributed by atoms with Crippen LogP contribution in [0.5, 0.6) is 34.5 Å². The van der Waals surface area contributed by atoms with Crippen molar-refractivity contribution in [2.24, 2.45) is 0 Å². The van der Waals surface area contributed by atoms with E-state index in [4.69, 9.17) is 20.4 Å². The van der Waals surface area contributed by atoms with Crippen molar-refractivity contribution in [2.45, 2.75) is 0 Å². The Hall–Kier alpha value is -1.62. The monoisotopic (exact) mass is 642 g/mol. The minimum absolute atomic E-state index is 0.0393. The Morgan fingerprint density at radius 2 is 0.750 bits per heavy atom. The number of aromatic hydroxyl groups is 6. The van der Waals surface area contributed by atoms with Crippen LogP contribution in [0.1, 0.15) is 0 Å². The summed E-state index contributed by atoms with van der Waals surface area (Å²) in [5.74, 6) is 0.107.